The first-order chi connectivity index (χ1) is 8.04. The fourth-order valence-electron chi connectivity index (χ4n) is 2.83. The zero-order valence-corrected chi connectivity index (χ0v) is 10.8. The Kier molecular flexibility index (Phi) is 3.44. The Bertz CT molecular complexity index is 370. The molecule has 6 heteroatoms. The van der Waals surface area contributed by atoms with E-state index < -0.39 is 6.10 Å². The predicted molar refractivity (Wildman–Crippen MR) is 63.4 cm³/mol. The molecule has 1 aliphatic carbocycles. The maximum atomic E-state index is 10.5. The van der Waals surface area contributed by atoms with Crippen molar-refractivity contribution in [2.24, 2.45) is 7.05 Å². The third-order valence-electron chi connectivity index (χ3n) is 3.91. The quantitative estimate of drug-likeness (QED) is 0.800. The average molecular weight is 239 g/mol. The van der Waals surface area contributed by atoms with Gasteiger partial charge >= 0.3 is 0 Å². The number of likely N-dealkylation sites (N-methyl/N-ethyl adjacent to an activating group) is 1. The van der Waals surface area contributed by atoms with Crippen molar-refractivity contribution < 1.29 is 5.11 Å². The Hall–Kier alpha value is -1.01. The third-order valence-corrected chi connectivity index (χ3v) is 3.91. The number of hydrogen-bond acceptors (Lipinski definition) is 5. The normalized spacial score (nSPS) is 21.0. The molecule has 1 aromatic heterocycles. The molecule has 1 aromatic rings. The molecule has 2 rings (SSSR count). The van der Waals surface area contributed by atoms with E-state index >= 15 is 0 Å². The number of aromatic nitrogens is 4. The molecule has 0 bridgehead atoms. The molecular formula is C11H21N5O. The lowest BCUT2D eigenvalue weighted by Gasteiger charge is -2.40. The molecule has 1 unspecified atom stereocenters. The van der Waals surface area contributed by atoms with Crippen molar-refractivity contribution in [2.75, 3.05) is 14.1 Å². The summed E-state index contributed by atoms with van der Waals surface area (Å²) in [6.45, 7) is 0. The van der Waals surface area contributed by atoms with Crippen LogP contribution in [0, 0.1) is 0 Å². The zero-order valence-electron chi connectivity index (χ0n) is 10.8. The van der Waals surface area contributed by atoms with Gasteiger partial charge in [0, 0.05) is 12.0 Å². The van der Waals surface area contributed by atoms with Crippen molar-refractivity contribution in [2.45, 2.75) is 43.7 Å². The van der Waals surface area contributed by atoms with E-state index in [0.717, 1.165) is 12.8 Å². The Morgan fingerprint density at radius 1 is 1.41 bits per heavy atom. The van der Waals surface area contributed by atoms with Gasteiger partial charge in [-0.1, -0.05) is 12.8 Å². The van der Waals surface area contributed by atoms with Gasteiger partial charge in [0.15, 0.2) is 5.82 Å². The van der Waals surface area contributed by atoms with E-state index in [2.05, 4.69) is 20.3 Å². The minimum Gasteiger partial charge on any atom is -0.391 e. The van der Waals surface area contributed by atoms with Gasteiger partial charge in [-0.05, 0) is 32.2 Å². The summed E-state index contributed by atoms with van der Waals surface area (Å²) in [7, 11) is 5.82. The summed E-state index contributed by atoms with van der Waals surface area (Å²) in [5.41, 5.74) is -0.112. The first kappa shape index (κ1) is 12.4. The fraction of sp³-hybridized carbons (Fsp3) is 0.909. The maximum absolute atomic E-state index is 10.5. The highest BCUT2D eigenvalue weighted by atomic mass is 16.3. The van der Waals surface area contributed by atoms with Gasteiger partial charge in [0.2, 0.25) is 0 Å². The number of aliphatic hydroxyl groups excluding tert-OH is 1. The van der Waals surface area contributed by atoms with E-state index in [-0.39, 0.29) is 5.54 Å². The molecular weight excluding hydrogens is 218 g/mol. The molecule has 0 radical (unpaired) electrons. The minimum absolute atomic E-state index is 0.112. The smallest absolute Gasteiger partial charge is 0.177 e. The van der Waals surface area contributed by atoms with Crippen molar-refractivity contribution in [3.05, 3.63) is 5.82 Å². The predicted octanol–water partition coefficient (Wildman–Crippen LogP) is -0.0121. The monoisotopic (exact) mass is 239 g/mol. The van der Waals surface area contributed by atoms with Crippen LogP contribution in [0.2, 0.25) is 0 Å². The van der Waals surface area contributed by atoms with Crippen molar-refractivity contribution in [1.29, 1.82) is 0 Å². The van der Waals surface area contributed by atoms with Gasteiger partial charge < -0.3 is 10.0 Å². The van der Waals surface area contributed by atoms with Crippen LogP contribution in [0.25, 0.3) is 0 Å². The van der Waals surface area contributed by atoms with Gasteiger partial charge in [-0.2, -0.15) is 4.80 Å². The third kappa shape index (κ3) is 2.32. The van der Waals surface area contributed by atoms with Crippen LogP contribution in [0.15, 0.2) is 0 Å². The SMILES string of the molecule is CN(C)C1(C(O)Cc2nnn(C)n2)CCCC1. The van der Waals surface area contributed by atoms with Crippen molar-refractivity contribution in [3.8, 4) is 0 Å². The molecule has 0 spiro atoms. The number of tetrazole rings is 1. The van der Waals surface area contributed by atoms with Crippen molar-refractivity contribution in [1.82, 2.24) is 25.1 Å². The number of rotatable bonds is 4. The van der Waals surface area contributed by atoms with Crippen LogP contribution in [0.3, 0.4) is 0 Å². The molecule has 0 aromatic carbocycles. The minimum atomic E-state index is -0.427. The van der Waals surface area contributed by atoms with Crippen LogP contribution in [0.4, 0.5) is 0 Å². The van der Waals surface area contributed by atoms with Gasteiger partial charge in [-0.25, -0.2) is 0 Å². The van der Waals surface area contributed by atoms with E-state index in [1.807, 2.05) is 14.1 Å². The summed E-state index contributed by atoms with van der Waals surface area (Å²) >= 11 is 0. The van der Waals surface area contributed by atoms with Crippen molar-refractivity contribution in [3.63, 3.8) is 0 Å². The van der Waals surface area contributed by atoms with Crippen molar-refractivity contribution >= 4 is 0 Å². The number of nitrogens with zero attached hydrogens (tertiary/aromatic N) is 5. The Morgan fingerprint density at radius 3 is 2.53 bits per heavy atom. The second-order valence-corrected chi connectivity index (χ2v) is 5.12. The second kappa shape index (κ2) is 4.70. The molecule has 6 nitrogen and oxygen atoms in total. The molecule has 17 heavy (non-hydrogen) atoms. The Labute approximate surface area is 102 Å². The van der Waals surface area contributed by atoms with E-state index in [1.54, 1.807) is 7.05 Å². The van der Waals surface area contributed by atoms with Crippen LogP contribution in [0.1, 0.15) is 31.5 Å². The highest BCUT2D eigenvalue weighted by Crippen LogP contribution is 2.37. The van der Waals surface area contributed by atoms with Crippen LogP contribution < -0.4 is 0 Å². The molecule has 0 amide bonds. The standard InChI is InChI=1S/C11H21N5O/c1-15(2)11(6-4-5-7-11)9(17)8-10-12-14-16(3)13-10/h9,17H,4-8H2,1-3H3. The lowest BCUT2D eigenvalue weighted by molar-refractivity contribution is -0.00362. The molecule has 0 aliphatic heterocycles. The first-order valence-corrected chi connectivity index (χ1v) is 6.13. The van der Waals surface area contributed by atoms with Gasteiger partial charge in [0.1, 0.15) is 0 Å². The van der Waals surface area contributed by atoms with Gasteiger partial charge in [0.05, 0.1) is 13.2 Å². The van der Waals surface area contributed by atoms with Gasteiger partial charge in [-0.15, -0.1) is 10.2 Å². The Balaban J connectivity index is 2.09. The molecule has 1 heterocycles. The topological polar surface area (TPSA) is 67.1 Å². The molecule has 1 aliphatic rings. The van der Waals surface area contributed by atoms with E-state index in [0.29, 0.717) is 12.2 Å². The summed E-state index contributed by atoms with van der Waals surface area (Å²) in [4.78, 5) is 3.58. The first-order valence-electron chi connectivity index (χ1n) is 6.13. The lowest BCUT2D eigenvalue weighted by Crippen LogP contribution is -2.52. The molecule has 96 valence electrons. The van der Waals surface area contributed by atoms with Crippen LogP contribution in [-0.2, 0) is 13.5 Å². The highest BCUT2D eigenvalue weighted by Gasteiger charge is 2.42. The molecule has 1 atom stereocenters. The summed E-state index contributed by atoms with van der Waals surface area (Å²) < 4.78 is 0. The highest BCUT2D eigenvalue weighted by molar-refractivity contribution is 5.01. The summed E-state index contributed by atoms with van der Waals surface area (Å²) in [5.74, 6) is 0.619. The van der Waals surface area contributed by atoms with Gasteiger partial charge in [0.25, 0.3) is 0 Å². The lowest BCUT2D eigenvalue weighted by atomic mass is 9.87. The largest absolute Gasteiger partial charge is 0.391 e. The van der Waals surface area contributed by atoms with Crippen LogP contribution in [0.5, 0.6) is 0 Å². The summed E-state index contributed by atoms with van der Waals surface area (Å²) in [6, 6.07) is 0. The van der Waals surface area contributed by atoms with E-state index in [4.69, 9.17) is 0 Å². The van der Waals surface area contributed by atoms with Gasteiger partial charge in [-0.3, -0.25) is 0 Å². The molecule has 1 saturated carbocycles. The number of aliphatic hydroxyl groups is 1. The molecule has 1 fully saturated rings. The number of hydrogen-bond donors (Lipinski definition) is 1. The van der Waals surface area contributed by atoms with Crippen LogP contribution in [-0.4, -0.2) is 56.0 Å². The average Bonchev–Trinajstić information content (AvgIpc) is 2.87. The Morgan fingerprint density at radius 2 is 2.06 bits per heavy atom. The second-order valence-electron chi connectivity index (χ2n) is 5.12. The van der Waals surface area contributed by atoms with E-state index in [1.165, 1.54) is 17.6 Å². The summed E-state index contributed by atoms with van der Waals surface area (Å²) in [5, 5.41) is 22.3. The zero-order chi connectivity index (χ0) is 12.5. The number of aryl methyl sites for hydroxylation is 1. The fourth-order valence-corrected chi connectivity index (χ4v) is 2.83. The molecule has 0 saturated heterocycles. The molecule has 1 N–H and O–H groups in total. The maximum Gasteiger partial charge on any atom is 0.177 e. The van der Waals surface area contributed by atoms with Crippen LogP contribution >= 0.6 is 0 Å². The van der Waals surface area contributed by atoms with E-state index in [9.17, 15) is 5.11 Å². The summed E-state index contributed by atoms with van der Waals surface area (Å²) in [6.07, 6.45) is 4.51.